The molecule has 0 bridgehead atoms. The van der Waals surface area contributed by atoms with E-state index in [1.54, 1.807) is 4.57 Å². The number of halogens is 2. The van der Waals surface area contributed by atoms with Crippen molar-refractivity contribution in [1.29, 1.82) is 0 Å². The van der Waals surface area contributed by atoms with Crippen molar-refractivity contribution in [3.63, 3.8) is 0 Å². The first-order valence-corrected chi connectivity index (χ1v) is 6.17. The lowest BCUT2D eigenvalue weighted by molar-refractivity contribution is 0.629. The van der Waals surface area contributed by atoms with Crippen molar-refractivity contribution in [2.24, 2.45) is 0 Å². The Kier molecular flexibility index (Phi) is 2.87. The molecule has 2 aromatic carbocycles. The van der Waals surface area contributed by atoms with Crippen LogP contribution in [0, 0.1) is 5.82 Å². The molecule has 0 aliphatic rings. The molecule has 3 aromatic rings. The predicted octanol–water partition coefficient (Wildman–Crippen LogP) is 3.46. The Morgan fingerprint density at radius 3 is 2.68 bits per heavy atom. The Bertz CT molecular complexity index is 737. The van der Waals surface area contributed by atoms with E-state index in [-0.39, 0.29) is 5.02 Å². The summed E-state index contributed by atoms with van der Waals surface area (Å²) in [6.45, 7) is 0.546. The van der Waals surface area contributed by atoms with Crippen LogP contribution >= 0.6 is 11.6 Å². The zero-order valence-corrected chi connectivity index (χ0v) is 10.7. The molecule has 1 aromatic heterocycles. The molecule has 0 spiro atoms. The Hall–Kier alpha value is -2.07. The van der Waals surface area contributed by atoms with E-state index < -0.39 is 5.82 Å². The Morgan fingerprint density at radius 2 is 1.95 bits per heavy atom. The summed E-state index contributed by atoms with van der Waals surface area (Å²) in [5, 5.41) is 0.0526. The van der Waals surface area contributed by atoms with Crippen LogP contribution in [0.25, 0.3) is 11.0 Å². The zero-order chi connectivity index (χ0) is 13.4. The van der Waals surface area contributed by atoms with Crippen LogP contribution in [0.5, 0.6) is 0 Å². The van der Waals surface area contributed by atoms with E-state index in [1.165, 1.54) is 12.1 Å². The lowest BCUT2D eigenvalue weighted by Crippen LogP contribution is -2.04. The molecule has 0 aliphatic heterocycles. The van der Waals surface area contributed by atoms with Crippen LogP contribution in [0.4, 0.5) is 10.3 Å². The van der Waals surface area contributed by atoms with Crippen LogP contribution in [0.1, 0.15) is 5.56 Å². The molecule has 5 heteroatoms. The number of hydrogen-bond donors (Lipinski definition) is 1. The molecule has 0 saturated carbocycles. The highest BCUT2D eigenvalue weighted by molar-refractivity contribution is 6.31. The van der Waals surface area contributed by atoms with Gasteiger partial charge in [-0.3, -0.25) is 0 Å². The normalized spacial score (nSPS) is 11.1. The fraction of sp³-hybridized carbons (Fsp3) is 0.0714. The lowest BCUT2D eigenvalue weighted by atomic mass is 10.2. The topological polar surface area (TPSA) is 43.8 Å². The fourth-order valence-electron chi connectivity index (χ4n) is 2.07. The van der Waals surface area contributed by atoms with E-state index in [1.807, 2.05) is 30.3 Å². The minimum atomic E-state index is -0.469. The smallest absolute Gasteiger partial charge is 0.201 e. The van der Waals surface area contributed by atoms with Crippen LogP contribution in [-0.2, 0) is 6.54 Å². The number of imidazole rings is 1. The first kappa shape index (κ1) is 12.0. The molecule has 96 valence electrons. The minimum Gasteiger partial charge on any atom is -0.369 e. The predicted molar refractivity (Wildman–Crippen MR) is 74.7 cm³/mol. The third-order valence-corrected chi connectivity index (χ3v) is 3.29. The second-order valence-electron chi connectivity index (χ2n) is 4.30. The summed E-state index contributed by atoms with van der Waals surface area (Å²) in [7, 11) is 0. The molecule has 3 nitrogen and oxygen atoms in total. The van der Waals surface area contributed by atoms with Gasteiger partial charge in [0.1, 0.15) is 5.82 Å². The second-order valence-corrected chi connectivity index (χ2v) is 4.70. The fourth-order valence-corrected chi connectivity index (χ4v) is 2.23. The van der Waals surface area contributed by atoms with Gasteiger partial charge < -0.3 is 10.3 Å². The molecule has 2 N–H and O–H groups in total. The van der Waals surface area contributed by atoms with Gasteiger partial charge in [0.05, 0.1) is 22.6 Å². The molecule has 0 aliphatic carbocycles. The van der Waals surface area contributed by atoms with E-state index >= 15 is 0 Å². The standard InChI is InChI=1S/C14H11ClFN3/c15-10-6-12-13(7-11(10)16)19(14(17)18-12)8-9-4-2-1-3-5-9/h1-7H,8H2,(H2,17,18). The highest BCUT2D eigenvalue weighted by Crippen LogP contribution is 2.25. The van der Waals surface area contributed by atoms with Crippen LogP contribution < -0.4 is 5.73 Å². The largest absolute Gasteiger partial charge is 0.369 e. The van der Waals surface area contributed by atoms with Crippen molar-refractivity contribution in [3.8, 4) is 0 Å². The van der Waals surface area contributed by atoms with Gasteiger partial charge in [-0.2, -0.15) is 0 Å². The van der Waals surface area contributed by atoms with Crippen molar-refractivity contribution >= 4 is 28.6 Å². The van der Waals surface area contributed by atoms with E-state index in [4.69, 9.17) is 17.3 Å². The summed E-state index contributed by atoms with van der Waals surface area (Å²) in [5.41, 5.74) is 8.20. The lowest BCUT2D eigenvalue weighted by Gasteiger charge is -2.06. The monoisotopic (exact) mass is 275 g/mol. The SMILES string of the molecule is Nc1nc2cc(Cl)c(F)cc2n1Cc1ccccc1. The average Bonchev–Trinajstić information content (AvgIpc) is 2.68. The molecule has 3 rings (SSSR count). The number of nitrogens with zero attached hydrogens (tertiary/aromatic N) is 2. The summed E-state index contributed by atoms with van der Waals surface area (Å²) < 4.78 is 15.3. The van der Waals surface area contributed by atoms with Gasteiger partial charge in [-0.1, -0.05) is 41.9 Å². The summed E-state index contributed by atoms with van der Waals surface area (Å²) in [6.07, 6.45) is 0. The van der Waals surface area contributed by atoms with E-state index in [9.17, 15) is 4.39 Å². The second kappa shape index (κ2) is 4.55. The van der Waals surface area contributed by atoms with Crippen LogP contribution in [0.15, 0.2) is 42.5 Å². The van der Waals surface area contributed by atoms with Gasteiger partial charge in [0.15, 0.2) is 0 Å². The summed E-state index contributed by atoms with van der Waals surface area (Å²) >= 11 is 5.74. The molecule has 0 unspecified atom stereocenters. The third-order valence-electron chi connectivity index (χ3n) is 3.00. The maximum Gasteiger partial charge on any atom is 0.201 e. The highest BCUT2D eigenvalue weighted by Gasteiger charge is 2.11. The van der Waals surface area contributed by atoms with Crippen molar-refractivity contribution < 1.29 is 4.39 Å². The van der Waals surface area contributed by atoms with Crippen LogP contribution in [0.2, 0.25) is 5.02 Å². The van der Waals surface area contributed by atoms with Gasteiger partial charge in [-0.05, 0) is 11.6 Å². The molecule has 19 heavy (non-hydrogen) atoms. The average molecular weight is 276 g/mol. The Balaban J connectivity index is 2.13. The first-order chi connectivity index (χ1) is 9.15. The number of aromatic nitrogens is 2. The summed E-state index contributed by atoms with van der Waals surface area (Å²) in [6, 6.07) is 12.7. The van der Waals surface area contributed by atoms with Crippen molar-refractivity contribution in [3.05, 3.63) is 58.9 Å². The Labute approximate surface area is 114 Å². The number of hydrogen-bond acceptors (Lipinski definition) is 2. The van der Waals surface area contributed by atoms with Gasteiger partial charge in [0.25, 0.3) is 0 Å². The van der Waals surface area contributed by atoms with Crippen molar-refractivity contribution in [1.82, 2.24) is 9.55 Å². The van der Waals surface area contributed by atoms with Crippen molar-refractivity contribution in [2.45, 2.75) is 6.54 Å². The number of benzene rings is 2. The van der Waals surface area contributed by atoms with Gasteiger partial charge in [0, 0.05) is 6.07 Å². The quantitative estimate of drug-likeness (QED) is 0.778. The minimum absolute atomic E-state index is 0.0526. The molecular formula is C14H11ClFN3. The first-order valence-electron chi connectivity index (χ1n) is 5.80. The van der Waals surface area contributed by atoms with Crippen LogP contribution in [0.3, 0.4) is 0 Å². The summed E-state index contributed by atoms with van der Waals surface area (Å²) in [4.78, 5) is 4.20. The van der Waals surface area contributed by atoms with Gasteiger partial charge >= 0.3 is 0 Å². The molecular weight excluding hydrogens is 265 g/mol. The molecule has 0 fully saturated rings. The van der Waals surface area contributed by atoms with Gasteiger partial charge in [0.2, 0.25) is 5.95 Å². The Morgan fingerprint density at radius 1 is 1.21 bits per heavy atom. The molecule has 0 saturated heterocycles. The highest BCUT2D eigenvalue weighted by atomic mass is 35.5. The maximum atomic E-state index is 13.6. The van der Waals surface area contributed by atoms with E-state index in [0.29, 0.717) is 23.5 Å². The summed E-state index contributed by atoms with van der Waals surface area (Å²) in [5.74, 6) is -0.121. The third kappa shape index (κ3) is 2.15. The zero-order valence-electron chi connectivity index (χ0n) is 9.98. The van der Waals surface area contributed by atoms with E-state index in [2.05, 4.69) is 4.98 Å². The van der Waals surface area contributed by atoms with Gasteiger partial charge in [-0.15, -0.1) is 0 Å². The van der Waals surface area contributed by atoms with Crippen LogP contribution in [-0.4, -0.2) is 9.55 Å². The molecule has 0 amide bonds. The molecule has 0 atom stereocenters. The number of rotatable bonds is 2. The number of anilines is 1. The molecule has 1 heterocycles. The van der Waals surface area contributed by atoms with Gasteiger partial charge in [-0.25, -0.2) is 9.37 Å². The van der Waals surface area contributed by atoms with E-state index in [0.717, 1.165) is 5.56 Å². The maximum absolute atomic E-state index is 13.6. The number of nitrogen functional groups attached to an aromatic ring is 1. The number of fused-ring (bicyclic) bond motifs is 1. The molecule has 0 radical (unpaired) electrons. The van der Waals surface area contributed by atoms with Crippen molar-refractivity contribution in [2.75, 3.05) is 5.73 Å². The number of nitrogens with two attached hydrogens (primary N) is 1.